The minimum Gasteiger partial charge on any atom is -0.496 e. The smallest absolute Gasteiger partial charge is 0.129 e. The lowest BCUT2D eigenvalue weighted by atomic mass is 10.00. The third-order valence-corrected chi connectivity index (χ3v) is 4.58. The molecule has 0 fully saturated rings. The number of fused-ring (bicyclic) bond motifs is 1. The molecule has 0 spiro atoms. The molecule has 1 aromatic heterocycles. The lowest BCUT2D eigenvalue weighted by molar-refractivity contribution is 0.134. The van der Waals surface area contributed by atoms with E-state index in [-0.39, 0.29) is 6.04 Å². The summed E-state index contributed by atoms with van der Waals surface area (Å²) in [7, 11) is 1.71. The first-order chi connectivity index (χ1) is 9.81. The van der Waals surface area contributed by atoms with E-state index in [1.807, 2.05) is 0 Å². The average molecular weight is 289 g/mol. The Hall–Kier alpha value is -1.36. The summed E-state index contributed by atoms with van der Waals surface area (Å²) in [5, 5.41) is 5.61. The fraction of sp³-hybridized carbons (Fsp3) is 0.375. The molecule has 1 aliphatic heterocycles. The summed E-state index contributed by atoms with van der Waals surface area (Å²) < 4.78 is 10.8. The van der Waals surface area contributed by atoms with Crippen LogP contribution in [0.15, 0.2) is 29.6 Å². The minimum atomic E-state index is 0.222. The summed E-state index contributed by atoms with van der Waals surface area (Å²) in [5.41, 5.74) is 3.92. The van der Waals surface area contributed by atoms with Crippen LogP contribution >= 0.6 is 11.3 Å². The van der Waals surface area contributed by atoms with Crippen LogP contribution in [0.4, 0.5) is 0 Å². The van der Waals surface area contributed by atoms with Crippen molar-refractivity contribution < 1.29 is 9.47 Å². The number of methoxy groups -OCH3 is 1. The SMILES string of the molecule is CCNC(c1ccc2c(c1)COC2)c1cc(OC)cs1. The second-order valence-electron chi connectivity index (χ2n) is 4.90. The monoisotopic (exact) mass is 289 g/mol. The molecule has 1 aliphatic rings. The Bertz CT molecular complexity index is 594. The van der Waals surface area contributed by atoms with Gasteiger partial charge >= 0.3 is 0 Å². The number of nitrogens with one attached hydrogen (secondary N) is 1. The van der Waals surface area contributed by atoms with Crippen molar-refractivity contribution in [1.29, 1.82) is 0 Å². The second-order valence-corrected chi connectivity index (χ2v) is 5.84. The average Bonchev–Trinajstić information content (AvgIpc) is 3.12. The molecule has 0 radical (unpaired) electrons. The molecule has 0 saturated heterocycles. The number of ether oxygens (including phenoxy) is 2. The van der Waals surface area contributed by atoms with Crippen LogP contribution in [0.2, 0.25) is 0 Å². The largest absolute Gasteiger partial charge is 0.496 e. The highest BCUT2D eigenvalue weighted by atomic mass is 32.1. The third kappa shape index (κ3) is 2.59. The van der Waals surface area contributed by atoms with Crippen LogP contribution in [-0.2, 0) is 18.0 Å². The quantitative estimate of drug-likeness (QED) is 0.914. The molecule has 3 rings (SSSR count). The highest BCUT2D eigenvalue weighted by Gasteiger charge is 2.19. The van der Waals surface area contributed by atoms with E-state index in [9.17, 15) is 0 Å². The van der Waals surface area contributed by atoms with E-state index in [4.69, 9.17) is 9.47 Å². The summed E-state index contributed by atoms with van der Waals surface area (Å²) in [5.74, 6) is 0.928. The first-order valence-corrected chi connectivity index (χ1v) is 7.75. The number of thiophene rings is 1. The van der Waals surface area contributed by atoms with Crippen LogP contribution in [0.3, 0.4) is 0 Å². The van der Waals surface area contributed by atoms with Crippen molar-refractivity contribution in [3.63, 3.8) is 0 Å². The van der Waals surface area contributed by atoms with Crippen molar-refractivity contribution in [2.24, 2.45) is 0 Å². The molecule has 0 saturated carbocycles. The topological polar surface area (TPSA) is 30.5 Å². The Labute approximate surface area is 123 Å². The van der Waals surface area contributed by atoms with E-state index in [0.29, 0.717) is 0 Å². The fourth-order valence-electron chi connectivity index (χ4n) is 2.55. The third-order valence-electron chi connectivity index (χ3n) is 3.60. The Morgan fingerprint density at radius 3 is 2.90 bits per heavy atom. The van der Waals surface area contributed by atoms with Crippen molar-refractivity contribution in [2.75, 3.05) is 13.7 Å². The molecule has 3 nitrogen and oxygen atoms in total. The Balaban J connectivity index is 1.93. The van der Waals surface area contributed by atoms with E-state index in [0.717, 1.165) is 25.5 Å². The molecular weight excluding hydrogens is 270 g/mol. The molecule has 20 heavy (non-hydrogen) atoms. The molecule has 2 heterocycles. The van der Waals surface area contributed by atoms with Crippen molar-refractivity contribution in [2.45, 2.75) is 26.2 Å². The maximum absolute atomic E-state index is 5.50. The van der Waals surface area contributed by atoms with Gasteiger partial charge in [0, 0.05) is 10.3 Å². The summed E-state index contributed by atoms with van der Waals surface area (Å²) in [6, 6.07) is 8.99. The number of benzene rings is 1. The fourth-order valence-corrected chi connectivity index (χ4v) is 3.51. The van der Waals surface area contributed by atoms with E-state index in [2.05, 4.69) is 41.9 Å². The van der Waals surface area contributed by atoms with Crippen LogP contribution in [0, 0.1) is 0 Å². The molecule has 1 aromatic carbocycles. The normalized spacial score (nSPS) is 15.1. The number of hydrogen-bond donors (Lipinski definition) is 1. The van der Waals surface area contributed by atoms with Gasteiger partial charge in [0.1, 0.15) is 5.75 Å². The highest BCUT2D eigenvalue weighted by Crippen LogP contribution is 2.33. The van der Waals surface area contributed by atoms with Gasteiger partial charge in [-0.15, -0.1) is 11.3 Å². The van der Waals surface area contributed by atoms with Gasteiger partial charge in [0.25, 0.3) is 0 Å². The van der Waals surface area contributed by atoms with E-state index in [1.165, 1.54) is 21.6 Å². The zero-order valence-corrected chi connectivity index (χ0v) is 12.6. The van der Waals surface area contributed by atoms with Gasteiger partial charge in [-0.3, -0.25) is 0 Å². The maximum Gasteiger partial charge on any atom is 0.129 e. The van der Waals surface area contributed by atoms with Crippen molar-refractivity contribution in [3.8, 4) is 5.75 Å². The molecule has 1 atom stereocenters. The zero-order chi connectivity index (χ0) is 13.9. The van der Waals surface area contributed by atoms with Crippen molar-refractivity contribution in [1.82, 2.24) is 5.32 Å². The Kier molecular flexibility index (Phi) is 4.05. The second kappa shape index (κ2) is 5.95. The first-order valence-electron chi connectivity index (χ1n) is 6.87. The van der Waals surface area contributed by atoms with E-state index >= 15 is 0 Å². The van der Waals surface area contributed by atoms with Gasteiger partial charge < -0.3 is 14.8 Å². The van der Waals surface area contributed by atoms with Gasteiger partial charge in [0.15, 0.2) is 0 Å². The van der Waals surface area contributed by atoms with Crippen LogP contribution < -0.4 is 10.1 Å². The summed E-state index contributed by atoms with van der Waals surface area (Å²) in [4.78, 5) is 1.28. The molecular formula is C16H19NO2S. The Morgan fingerprint density at radius 2 is 2.15 bits per heavy atom. The summed E-state index contributed by atoms with van der Waals surface area (Å²) in [6.45, 7) is 4.54. The van der Waals surface area contributed by atoms with Crippen LogP contribution in [-0.4, -0.2) is 13.7 Å². The van der Waals surface area contributed by atoms with Crippen LogP contribution in [0.1, 0.15) is 34.5 Å². The van der Waals surface area contributed by atoms with Gasteiger partial charge in [-0.25, -0.2) is 0 Å². The minimum absolute atomic E-state index is 0.222. The highest BCUT2D eigenvalue weighted by molar-refractivity contribution is 7.10. The molecule has 0 bridgehead atoms. The van der Waals surface area contributed by atoms with Gasteiger partial charge in [-0.1, -0.05) is 25.1 Å². The van der Waals surface area contributed by atoms with Crippen molar-refractivity contribution in [3.05, 3.63) is 51.2 Å². The molecule has 0 amide bonds. The molecule has 2 aromatic rings. The standard InChI is InChI=1S/C16H19NO2S/c1-3-17-16(15-7-14(18-2)10-20-15)11-4-5-12-8-19-9-13(12)6-11/h4-7,10,16-17H,3,8-9H2,1-2H3. The van der Waals surface area contributed by atoms with Gasteiger partial charge in [0.2, 0.25) is 0 Å². The lowest BCUT2D eigenvalue weighted by Gasteiger charge is -2.17. The van der Waals surface area contributed by atoms with Crippen molar-refractivity contribution >= 4 is 11.3 Å². The molecule has 1 N–H and O–H groups in total. The number of rotatable bonds is 5. The molecule has 106 valence electrons. The Morgan fingerprint density at radius 1 is 1.30 bits per heavy atom. The van der Waals surface area contributed by atoms with Crippen LogP contribution in [0.25, 0.3) is 0 Å². The van der Waals surface area contributed by atoms with Crippen LogP contribution in [0.5, 0.6) is 5.75 Å². The predicted molar refractivity (Wildman–Crippen MR) is 81.3 cm³/mol. The molecule has 1 unspecified atom stereocenters. The van der Waals surface area contributed by atoms with Gasteiger partial charge in [-0.2, -0.15) is 0 Å². The predicted octanol–water partition coefficient (Wildman–Crippen LogP) is 3.49. The van der Waals surface area contributed by atoms with E-state index < -0.39 is 0 Å². The molecule has 4 heteroatoms. The summed E-state index contributed by atoms with van der Waals surface area (Å²) in [6.07, 6.45) is 0. The lowest BCUT2D eigenvalue weighted by Crippen LogP contribution is -2.21. The van der Waals surface area contributed by atoms with E-state index in [1.54, 1.807) is 18.4 Å². The maximum atomic E-state index is 5.50. The van der Waals surface area contributed by atoms with Gasteiger partial charge in [0.05, 0.1) is 26.4 Å². The molecule has 0 aliphatic carbocycles. The first kappa shape index (κ1) is 13.6. The zero-order valence-electron chi connectivity index (χ0n) is 11.8. The van der Waals surface area contributed by atoms with Gasteiger partial charge in [-0.05, 0) is 29.3 Å². The number of hydrogen-bond acceptors (Lipinski definition) is 4. The summed E-state index contributed by atoms with van der Waals surface area (Å²) >= 11 is 1.73.